The van der Waals surface area contributed by atoms with E-state index in [2.05, 4.69) is 11.4 Å². The summed E-state index contributed by atoms with van der Waals surface area (Å²) in [4.78, 5) is 11.5. The van der Waals surface area contributed by atoms with Crippen LogP contribution in [0.5, 0.6) is 11.5 Å². The monoisotopic (exact) mass is 321 g/mol. The fourth-order valence-corrected chi connectivity index (χ4v) is 3.06. The second-order valence-corrected chi connectivity index (χ2v) is 5.87. The molecular weight excluding hydrogens is 294 g/mol. The average Bonchev–Trinajstić information content (AvgIpc) is 2.60. The van der Waals surface area contributed by atoms with E-state index >= 15 is 0 Å². The maximum absolute atomic E-state index is 11.5. The third-order valence-electron chi connectivity index (χ3n) is 4.38. The van der Waals surface area contributed by atoms with Gasteiger partial charge in [0.1, 0.15) is 0 Å². The Balaban J connectivity index is 1.83. The molecule has 0 spiro atoms. The molecular formula is C18H27NO4. The topological polar surface area (TPSA) is 56.8 Å². The highest BCUT2D eigenvalue weighted by molar-refractivity contribution is 5.72. The molecule has 0 radical (unpaired) electrons. The molecule has 0 unspecified atom stereocenters. The molecule has 1 aliphatic rings. The molecule has 23 heavy (non-hydrogen) atoms. The number of rotatable bonds is 7. The van der Waals surface area contributed by atoms with Gasteiger partial charge in [-0.3, -0.25) is 4.79 Å². The Labute approximate surface area is 138 Å². The summed E-state index contributed by atoms with van der Waals surface area (Å²) in [5, 5.41) is 3.57. The quantitative estimate of drug-likeness (QED) is 0.783. The number of esters is 1. The average molecular weight is 321 g/mol. The van der Waals surface area contributed by atoms with Crippen LogP contribution >= 0.6 is 0 Å². The summed E-state index contributed by atoms with van der Waals surface area (Å²) in [7, 11) is 3.12. The minimum absolute atomic E-state index is 0.0697. The maximum atomic E-state index is 11.5. The third kappa shape index (κ3) is 4.86. The second kappa shape index (κ2) is 8.77. The minimum atomic E-state index is -0.0697. The molecule has 0 bridgehead atoms. The van der Waals surface area contributed by atoms with Gasteiger partial charge in [0.25, 0.3) is 0 Å². The van der Waals surface area contributed by atoms with Crippen LogP contribution in [0.3, 0.4) is 0 Å². The Morgan fingerprint density at radius 3 is 2.52 bits per heavy atom. The molecule has 5 nitrogen and oxygen atoms in total. The number of carbonyl (C=O) groups is 1. The molecule has 2 rings (SSSR count). The highest BCUT2D eigenvalue weighted by Crippen LogP contribution is 2.29. The summed E-state index contributed by atoms with van der Waals surface area (Å²) in [5.74, 6) is 1.54. The smallest absolute Gasteiger partial charge is 0.308 e. The molecule has 0 heterocycles. The number of hydrogen-bond acceptors (Lipinski definition) is 5. The van der Waals surface area contributed by atoms with Crippen molar-refractivity contribution in [2.75, 3.05) is 20.8 Å². The van der Waals surface area contributed by atoms with E-state index in [4.69, 9.17) is 14.2 Å². The molecule has 0 aromatic heterocycles. The molecule has 1 aliphatic carbocycles. The molecule has 0 atom stereocenters. The molecule has 1 N–H and O–H groups in total. The van der Waals surface area contributed by atoms with E-state index in [0.717, 1.165) is 43.7 Å². The lowest BCUT2D eigenvalue weighted by atomic mass is 9.86. The first-order chi connectivity index (χ1) is 11.2. The van der Waals surface area contributed by atoms with E-state index in [1.54, 1.807) is 7.11 Å². The second-order valence-electron chi connectivity index (χ2n) is 5.87. The van der Waals surface area contributed by atoms with Gasteiger partial charge in [-0.1, -0.05) is 6.07 Å². The predicted octanol–water partition coefficient (Wildman–Crippen LogP) is 2.92. The Bertz CT molecular complexity index is 510. The molecule has 0 saturated heterocycles. The number of nitrogens with one attached hydrogen (secondary N) is 1. The molecule has 1 aromatic rings. The van der Waals surface area contributed by atoms with Crippen LogP contribution in [0, 0.1) is 5.92 Å². The molecule has 0 aliphatic heterocycles. The summed E-state index contributed by atoms with van der Waals surface area (Å²) in [6.45, 7) is 3.37. The number of carbonyl (C=O) groups excluding carboxylic acids is 1. The lowest BCUT2D eigenvalue weighted by Crippen LogP contribution is -2.34. The first-order valence-electron chi connectivity index (χ1n) is 8.28. The van der Waals surface area contributed by atoms with Crippen molar-refractivity contribution < 1.29 is 19.0 Å². The van der Waals surface area contributed by atoms with E-state index in [9.17, 15) is 4.79 Å². The van der Waals surface area contributed by atoms with Gasteiger partial charge in [-0.15, -0.1) is 0 Å². The van der Waals surface area contributed by atoms with Crippen LogP contribution < -0.4 is 14.8 Å². The zero-order valence-corrected chi connectivity index (χ0v) is 14.3. The van der Waals surface area contributed by atoms with Gasteiger partial charge in [-0.2, -0.15) is 0 Å². The van der Waals surface area contributed by atoms with E-state index in [1.807, 2.05) is 19.1 Å². The Morgan fingerprint density at radius 2 is 1.91 bits per heavy atom. The summed E-state index contributed by atoms with van der Waals surface area (Å²) in [5.41, 5.74) is 1.17. The van der Waals surface area contributed by atoms with Crippen molar-refractivity contribution in [1.82, 2.24) is 5.32 Å². The fraction of sp³-hybridized carbons (Fsp3) is 0.611. The lowest BCUT2D eigenvalue weighted by molar-refractivity contribution is -0.146. The van der Waals surface area contributed by atoms with Crippen LogP contribution in [-0.4, -0.2) is 32.8 Å². The van der Waals surface area contributed by atoms with Crippen LogP contribution in [-0.2, 0) is 16.1 Å². The molecule has 1 fully saturated rings. The van der Waals surface area contributed by atoms with Crippen LogP contribution in [0.4, 0.5) is 0 Å². The van der Waals surface area contributed by atoms with Crippen LogP contribution in [0.25, 0.3) is 0 Å². The fourth-order valence-electron chi connectivity index (χ4n) is 3.06. The van der Waals surface area contributed by atoms with Crippen molar-refractivity contribution >= 4 is 5.97 Å². The zero-order chi connectivity index (χ0) is 16.7. The predicted molar refractivity (Wildman–Crippen MR) is 88.8 cm³/mol. The number of hydrogen-bond donors (Lipinski definition) is 1. The third-order valence-corrected chi connectivity index (χ3v) is 4.38. The van der Waals surface area contributed by atoms with Crippen molar-refractivity contribution in [2.24, 2.45) is 5.92 Å². The molecule has 1 saturated carbocycles. The Morgan fingerprint density at radius 1 is 1.17 bits per heavy atom. The van der Waals surface area contributed by atoms with Crippen molar-refractivity contribution in [3.8, 4) is 11.5 Å². The van der Waals surface area contributed by atoms with Gasteiger partial charge in [-0.25, -0.2) is 0 Å². The van der Waals surface area contributed by atoms with Crippen LogP contribution in [0.15, 0.2) is 18.2 Å². The summed E-state index contributed by atoms with van der Waals surface area (Å²) in [6.07, 6.45) is 3.82. The Kier molecular flexibility index (Phi) is 6.71. The van der Waals surface area contributed by atoms with E-state index in [0.29, 0.717) is 12.6 Å². The van der Waals surface area contributed by atoms with Crippen LogP contribution in [0.1, 0.15) is 38.2 Å². The standard InChI is InChI=1S/C18H27NO4/c1-4-23-16-10-5-13(11-17(16)21-2)12-19-15-8-6-14(7-9-15)18(20)22-3/h5,10-11,14-15,19H,4,6-9,12H2,1-3H3. The van der Waals surface area contributed by atoms with E-state index in [-0.39, 0.29) is 11.9 Å². The lowest BCUT2D eigenvalue weighted by Gasteiger charge is -2.27. The van der Waals surface area contributed by atoms with Gasteiger partial charge in [-0.05, 0) is 50.3 Å². The van der Waals surface area contributed by atoms with Gasteiger partial charge in [0.2, 0.25) is 0 Å². The summed E-state index contributed by atoms with van der Waals surface area (Å²) < 4.78 is 15.7. The normalized spacial score (nSPS) is 20.8. The molecule has 128 valence electrons. The van der Waals surface area contributed by atoms with E-state index < -0.39 is 0 Å². The first-order valence-corrected chi connectivity index (χ1v) is 8.28. The summed E-state index contributed by atoms with van der Waals surface area (Å²) >= 11 is 0. The first kappa shape index (κ1) is 17.6. The number of methoxy groups -OCH3 is 2. The van der Waals surface area contributed by atoms with Crippen molar-refractivity contribution in [3.63, 3.8) is 0 Å². The highest BCUT2D eigenvalue weighted by atomic mass is 16.5. The van der Waals surface area contributed by atoms with Gasteiger partial charge in [0.15, 0.2) is 11.5 Å². The van der Waals surface area contributed by atoms with Gasteiger partial charge in [0, 0.05) is 12.6 Å². The van der Waals surface area contributed by atoms with Gasteiger partial charge in [0.05, 0.1) is 26.7 Å². The van der Waals surface area contributed by atoms with E-state index in [1.165, 1.54) is 12.7 Å². The van der Waals surface area contributed by atoms with Crippen molar-refractivity contribution in [3.05, 3.63) is 23.8 Å². The number of ether oxygens (including phenoxy) is 3. The molecule has 0 amide bonds. The zero-order valence-electron chi connectivity index (χ0n) is 14.3. The Hall–Kier alpha value is -1.75. The van der Waals surface area contributed by atoms with Crippen LogP contribution in [0.2, 0.25) is 0 Å². The van der Waals surface area contributed by atoms with Crippen molar-refractivity contribution in [1.29, 1.82) is 0 Å². The molecule has 5 heteroatoms. The number of benzene rings is 1. The van der Waals surface area contributed by atoms with Gasteiger partial charge >= 0.3 is 5.97 Å². The maximum Gasteiger partial charge on any atom is 0.308 e. The molecule has 1 aromatic carbocycles. The summed E-state index contributed by atoms with van der Waals surface area (Å²) in [6, 6.07) is 6.47. The van der Waals surface area contributed by atoms with Gasteiger partial charge < -0.3 is 19.5 Å². The highest BCUT2D eigenvalue weighted by Gasteiger charge is 2.26. The minimum Gasteiger partial charge on any atom is -0.493 e. The van der Waals surface area contributed by atoms with Crippen molar-refractivity contribution in [2.45, 2.75) is 45.2 Å². The largest absolute Gasteiger partial charge is 0.493 e. The SMILES string of the molecule is CCOc1ccc(CNC2CCC(C(=O)OC)CC2)cc1OC.